The molecule has 2 nitrogen and oxygen atoms in total. The molecule has 15 heavy (non-hydrogen) atoms. The zero-order valence-electron chi connectivity index (χ0n) is 8.89. The van der Waals surface area contributed by atoms with Gasteiger partial charge in [0.1, 0.15) is 0 Å². The van der Waals surface area contributed by atoms with E-state index in [1.165, 1.54) is 0 Å². The molecule has 0 radical (unpaired) electrons. The zero-order chi connectivity index (χ0) is 11.1. The quantitative estimate of drug-likeness (QED) is 0.721. The fraction of sp³-hybridized carbons (Fsp3) is 0.333. The van der Waals surface area contributed by atoms with Crippen molar-refractivity contribution in [3.8, 4) is 0 Å². The largest absolute Gasteiger partial charge is 0.223 e. The lowest BCUT2D eigenvalue weighted by molar-refractivity contribution is 0.599. The minimum Gasteiger partial charge on any atom is -0.223 e. The molecule has 0 saturated carbocycles. The predicted molar refractivity (Wildman–Crippen MR) is 62.5 cm³/mol. The Labute approximate surface area is 91.6 Å². The van der Waals surface area contributed by atoms with Crippen molar-refractivity contribution in [2.45, 2.75) is 24.7 Å². The van der Waals surface area contributed by atoms with Crippen molar-refractivity contribution < 1.29 is 8.42 Å². The van der Waals surface area contributed by atoms with Crippen molar-refractivity contribution in [2.75, 3.05) is 5.75 Å². The van der Waals surface area contributed by atoms with E-state index in [0.717, 1.165) is 12.8 Å². The SMILES string of the molecule is CCC/C=C\CS(=O)(=O)c1ccccc1. The van der Waals surface area contributed by atoms with E-state index in [1.807, 2.05) is 12.1 Å². The van der Waals surface area contributed by atoms with Gasteiger partial charge in [0, 0.05) is 0 Å². The molecular weight excluding hydrogens is 208 g/mol. The van der Waals surface area contributed by atoms with Gasteiger partial charge >= 0.3 is 0 Å². The summed E-state index contributed by atoms with van der Waals surface area (Å²) in [5.74, 6) is 0.0943. The van der Waals surface area contributed by atoms with Crippen molar-refractivity contribution in [3.05, 3.63) is 42.5 Å². The zero-order valence-corrected chi connectivity index (χ0v) is 9.70. The molecule has 82 valence electrons. The molecule has 0 aliphatic rings. The number of hydrogen-bond acceptors (Lipinski definition) is 2. The Morgan fingerprint density at radius 2 is 1.80 bits per heavy atom. The second-order valence-electron chi connectivity index (χ2n) is 3.35. The first-order chi connectivity index (χ1) is 7.17. The average Bonchev–Trinajstić information content (AvgIpc) is 2.26. The maximum absolute atomic E-state index is 11.7. The van der Waals surface area contributed by atoms with E-state index in [9.17, 15) is 8.42 Å². The maximum atomic E-state index is 11.7. The molecule has 1 aromatic rings. The van der Waals surface area contributed by atoms with Gasteiger partial charge in [0.2, 0.25) is 0 Å². The fourth-order valence-electron chi connectivity index (χ4n) is 1.20. The van der Waals surface area contributed by atoms with Gasteiger partial charge in [-0.25, -0.2) is 8.42 Å². The van der Waals surface area contributed by atoms with Crippen LogP contribution in [0.1, 0.15) is 19.8 Å². The molecule has 0 fully saturated rings. The molecule has 1 aromatic carbocycles. The van der Waals surface area contributed by atoms with E-state index < -0.39 is 9.84 Å². The number of rotatable bonds is 5. The number of hydrogen-bond donors (Lipinski definition) is 0. The van der Waals surface area contributed by atoms with Crippen molar-refractivity contribution in [2.24, 2.45) is 0 Å². The third kappa shape index (κ3) is 3.88. The molecule has 0 N–H and O–H groups in total. The Kier molecular flexibility index (Phi) is 4.56. The lowest BCUT2D eigenvalue weighted by Gasteiger charge is -1.99. The third-order valence-electron chi connectivity index (χ3n) is 2.04. The van der Waals surface area contributed by atoms with Gasteiger partial charge in [0.05, 0.1) is 10.6 Å². The molecule has 0 heterocycles. The Morgan fingerprint density at radius 1 is 1.13 bits per heavy atom. The number of benzene rings is 1. The minimum absolute atomic E-state index is 0.0943. The van der Waals surface area contributed by atoms with E-state index >= 15 is 0 Å². The summed E-state index contributed by atoms with van der Waals surface area (Å²) in [6.07, 6.45) is 5.62. The Morgan fingerprint density at radius 3 is 2.40 bits per heavy atom. The van der Waals surface area contributed by atoms with E-state index in [2.05, 4.69) is 6.92 Å². The molecule has 0 atom stereocenters. The number of sulfone groups is 1. The molecule has 0 bridgehead atoms. The van der Waals surface area contributed by atoms with Crippen LogP contribution in [0.15, 0.2) is 47.4 Å². The standard InChI is InChI=1S/C12H16O2S/c1-2-3-4-8-11-15(13,14)12-9-6-5-7-10-12/h4-10H,2-3,11H2,1H3/b8-4-. The highest BCUT2D eigenvalue weighted by molar-refractivity contribution is 7.91. The van der Waals surface area contributed by atoms with E-state index in [4.69, 9.17) is 0 Å². The highest BCUT2D eigenvalue weighted by Gasteiger charge is 2.10. The van der Waals surface area contributed by atoms with E-state index in [0.29, 0.717) is 4.90 Å². The first-order valence-electron chi connectivity index (χ1n) is 5.09. The first kappa shape index (κ1) is 12.0. The lowest BCUT2D eigenvalue weighted by Crippen LogP contribution is -2.04. The number of unbranched alkanes of at least 4 members (excludes halogenated alkanes) is 1. The molecule has 0 aliphatic heterocycles. The van der Waals surface area contributed by atoms with Crippen molar-refractivity contribution in [3.63, 3.8) is 0 Å². The van der Waals surface area contributed by atoms with Crippen LogP contribution < -0.4 is 0 Å². The highest BCUT2D eigenvalue weighted by Crippen LogP contribution is 2.10. The monoisotopic (exact) mass is 224 g/mol. The lowest BCUT2D eigenvalue weighted by atomic mass is 10.3. The van der Waals surface area contributed by atoms with Crippen LogP contribution >= 0.6 is 0 Å². The summed E-state index contributed by atoms with van der Waals surface area (Å²) in [6, 6.07) is 8.54. The molecule has 0 aliphatic carbocycles. The van der Waals surface area contributed by atoms with E-state index in [1.54, 1.807) is 30.3 Å². The van der Waals surface area contributed by atoms with Crippen LogP contribution in [-0.4, -0.2) is 14.2 Å². The number of allylic oxidation sites excluding steroid dienone is 1. The average molecular weight is 224 g/mol. The van der Waals surface area contributed by atoms with Gasteiger partial charge in [-0.15, -0.1) is 0 Å². The Balaban J connectivity index is 2.69. The van der Waals surface area contributed by atoms with Crippen LogP contribution in [0.25, 0.3) is 0 Å². The highest BCUT2D eigenvalue weighted by atomic mass is 32.2. The summed E-state index contributed by atoms with van der Waals surface area (Å²) in [7, 11) is -3.13. The van der Waals surface area contributed by atoms with E-state index in [-0.39, 0.29) is 5.75 Å². The molecule has 0 amide bonds. The van der Waals surface area contributed by atoms with Crippen LogP contribution in [-0.2, 0) is 9.84 Å². The molecular formula is C12H16O2S. The normalized spacial score (nSPS) is 12.1. The smallest absolute Gasteiger partial charge is 0.181 e. The minimum atomic E-state index is -3.13. The topological polar surface area (TPSA) is 34.1 Å². The van der Waals surface area contributed by atoms with Crippen LogP contribution in [0, 0.1) is 0 Å². The summed E-state index contributed by atoms with van der Waals surface area (Å²) in [6.45, 7) is 2.07. The van der Waals surface area contributed by atoms with Crippen LogP contribution in [0.5, 0.6) is 0 Å². The van der Waals surface area contributed by atoms with Gasteiger partial charge in [-0.3, -0.25) is 0 Å². The summed E-state index contributed by atoms with van der Waals surface area (Å²) < 4.78 is 23.5. The second kappa shape index (κ2) is 5.71. The van der Waals surface area contributed by atoms with Crippen LogP contribution in [0.2, 0.25) is 0 Å². The van der Waals surface area contributed by atoms with Gasteiger partial charge in [-0.1, -0.05) is 43.7 Å². The van der Waals surface area contributed by atoms with Crippen LogP contribution in [0.3, 0.4) is 0 Å². The van der Waals surface area contributed by atoms with Gasteiger partial charge < -0.3 is 0 Å². The molecule has 0 aromatic heterocycles. The summed E-state index contributed by atoms with van der Waals surface area (Å²) in [4.78, 5) is 0.395. The van der Waals surface area contributed by atoms with Gasteiger partial charge in [-0.05, 0) is 18.6 Å². The second-order valence-corrected chi connectivity index (χ2v) is 5.39. The predicted octanol–water partition coefficient (Wildman–Crippen LogP) is 2.82. The molecule has 0 spiro atoms. The van der Waals surface area contributed by atoms with Gasteiger partial charge in [0.15, 0.2) is 9.84 Å². The Hall–Kier alpha value is -1.09. The molecule has 0 saturated heterocycles. The molecule has 1 rings (SSSR count). The Bertz CT molecular complexity index is 405. The maximum Gasteiger partial charge on any atom is 0.181 e. The van der Waals surface area contributed by atoms with Crippen molar-refractivity contribution >= 4 is 9.84 Å². The first-order valence-corrected chi connectivity index (χ1v) is 6.75. The third-order valence-corrected chi connectivity index (χ3v) is 3.66. The summed E-state index contributed by atoms with van der Waals surface area (Å²) in [5, 5.41) is 0. The van der Waals surface area contributed by atoms with Crippen LogP contribution in [0.4, 0.5) is 0 Å². The van der Waals surface area contributed by atoms with Gasteiger partial charge in [0.25, 0.3) is 0 Å². The summed E-state index contributed by atoms with van der Waals surface area (Å²) in [5.41, 5.74) is 0. The van der Waals surface area contributed by atoms with Gasteiger partial charge in [-0.2, -0.15) is 0 Å². The fourth-order valence-corrected chi connectivity index (χ4v) is 2.36. The van der Waals surface area contributed by atoms with Crippen molar-refractivity contribution in [1.82, 2.24) is 0 Å². The van der Waals surface area contributed by atoms with Crippen molar-refractivity contribution in [1.29, 1.82) is 0 Å². The molecule has 0 unspecified atom stereocenters. The molecule has 3 heteroatoms. The summed E-state index contributed by atoms with van der Waals surface area (Å²) >= 11 is 0.